The van der Waals surface area contributed by atoms with Gasteiger partial charge >= 0.3 is 6.09 Å². The lowest BCUT2D eigenvalue weighted by Crippen LogP contribution is -2.55. The summed E-state index contributed by atoms with van der Waals surface area (Å²) < 4.78 is 11.1. The Morgan fingerprint density at radius 1 is 1.23 bits per heavy atom. The summed E-state index contributed by atoms with van der Waals surface area (Å²) in [5.41, 5.74) is 1.91. The number of nitrogens with zero attached hydrogens (tertiary/aromatic N) is 2. The molecule has 2 aliphatic heterocycles. The van der Waals surface area contributed by atoms with E-state index in [1.165, 1.54) is 5.56 Å². The first-order chi connectivity index (χ1) is 14.7. The molecular weight excluding hydrogens is 392 g/mol. The van der Waals surface area contributed by atoms with Gasteiger partial charge < -0.3 is 25.0 Å². The Hall–Kier alpha value is -2.44. The molecule has 0 saturated carbocycles. The molecule has 2 fully saturated rings. The number of ether oxygens (including phenoxy) is 2. The second-order valence-corrected chi connectivity index (χ2v) is 9.64. The minimum atomic E-state index is -0.459. The number of hydrogen-bond donors (Lipinski definition) is 2. The molecule has 7 heteroatoms. The quantitative estimate of drug-likeness (QED) is 0.551. The number of hydrogen-bond acceptors (Lipinski definition) is 4. The van der Waals surface area contributed by atoms with Crippen molar-refractivity contribution in [1.82, 2.24) is 15.5 Å². The fourth-order valence-corrected chi connectivity index (χ4v) is 4.64. The van der Waals surface area contributed by atoms with Crippen molar-refractivity contribution in [3.8, 4) is 5.75 Å². The van der Waals surface area contributed by atoms with E-state index >= 15 is 0 Å². The SMILES string of the molecule is CN=C(NCCc1ccc(C)c(OC)c1)NC1CC2CCC(C1)N2C(=O)OC(C)(C)C. The molecule has 2 heterocycles. The van der Waals surface area contributed by atoms with Crippen molar-refractivity contribution in [2.75, 3.05) is 20.7 Å². The van der Waals surface area contributed by atoms with Gasteiger partial charge in [0.15, 0.2) is 5.96 Å². The molecule has 31 heavy (non-hydrogen) atoms. The number of guanidine groups is 1. The van der Waals surface area contributed by atoms with E-state index in [1.807, 2.05) is 32.6 Å². The van der Waals surface area contributed by atoms with Gasteiger partial charge in [0.25, 0.3) is 0 Å². The van der Waals surface area contributed by atoms with E-state index in [0.29, 0.717) is 6.04 Å². The minimum absolute atomic E-state index is 0.172. The highest BCUT2D eigenvalue weighted by atomic mass is 16.6. The Kier molecular flexibility index (Phi) is 7.34. The fourth-order valence-electron chi connectivity index (χ4n) is 4.64. The van der Waals surface area contributed by atoms with E-state index in [-0.39, 0.29) is 18.2 Å². The number of rotatable bonds is 5. The Morgan fingerprint density at radius 2 is 1.90 bits per heavy atom. The van der Waals surface area contributed by atoms with Crippen LogP contribution in [0.5, 0.6) is 5.75 Å². The fraction of sp³-hybridized carbons (Fsp3) is 0.667. The smallest absolute Gasteiger partial charge is 0.410 e. The predicted octanol–water partition coefficient (Wildman–Crippen LogP) is 3.64. The molecule has 1 aromatic carbocycles. The molecule has 1 aromatic rings. The number of aliphatic imine (C=N–C) groups is 1. The molecular formula is C24H38N4O3. The van der Waals surface area contributed by atoms with Crippen LogP contribution >= 0.6 is 0 Å². The van der Waals surface area contributed by atoms with Crippen LogP contribution in [0.2, 0.25) is 0 Å². The topological polar surface area (TPSA) is 75.2 Å². The summed E-state index contributed by atoms with van der Waals surface area (Å²) in [7, 11) is 3.51. The van der Waals surface area contributed by atoms with Gasteiger partial charge in [-0.3, -0.25) is 4.99 Å². The van der Waals surface area contributed by atoms with Crippen LogP contribution in [-0.4, -0.2) is 61.4 Å². The second-order valence-electron chi connectivity index (χ2n) is 9.64. The first-order valence-corrected chi connectivity index (χ1v) is 11.3. The Labute approximate surface area is 186 Å². The van der Waals surface area contributed by atoms with Gasteiger partial charge in [-0.25, -0.2) is 4.79 Å². The first-order valence-electron chi connectivity index (χ1n) is 11.3. The second kappa shape index (κ2) is 9.79. The molecule has 2 saturated heterocycles. The van der Waals surface area contributed by atoms with Gasteiger partial charge in [0.1, 0.15) is 11.4 Å². The van der Waals surface area contributed by atoms with Crippen LogP contribution in [0.1, 0.15) is 57.6 Å². The number of methoxy groups -OCH3 is 1. The van der Waals surface area contributed by atoms with Crippen LogP contribution in [0.4, 0.5) is 4.79 Å². The highest BCUT2D eigenvalue weighted by molar-refractivity contribution is 5.80. The third kappa shape index (κ3) is 6.05. The van der Waals surface area contributed by atoms with Crippen molar-refractivity contribution in [3.05, 3.63) is 29.3 Å². The molecule has 0 aromatic heterocycles. The number of aryl methyl sites for hydroxylation is 1. The zero-order valence-electron chi connectivity index (χ0n) is 19.8. The summed E-state index contributed by atoms with van der Waals surface area (Å²) >= 11 is 0. The summed E-state index contributed by atoms with van der Waals surface area (Å²) in [6.07, 6.45) is 4.65. The lowest BCUT2D eigenvalue weighted by atomic mass is 9.98. The van der Waals surface area contributed by atoms with Crippen molar-refractivity contribution in [2.45, 2.75) is 83.5 Å². The van der Waals surface area contributed by atoms with Crippen molar-refractivity contribution < 1.29 is 14.3 Å². The largest absolute Gasteiger partial charge is 0.496 e. The zero-order valence-corrected chi connectivity index (χ0v) is 19.8. The zero-order chi connectivity index (χ0) is 22.6. The van der Waals surface area contributed by atoms with E-state index in [2.05, 4.69) is 33.8 Å². The van der Waals surface area contributed by atoms with Gasteiger partial charge in [0.05, 0.1) is 7.11 Å². The maximum atomic E-state index is 12.6. The Morgan fingerprint density at radius 3 is 2.48 bits per heavy atom. The van der Waals surface area contributed by atoms with Crippen LogP contribution in [0.25, 0.3) is 0 Å². The van der Waals surface area contributed by atoms with Gasteiger partial charge in [-0.2, -0.15) is 0 Å². The standard InChI is InChI=1S/C24H38N4O3/c1-16-7-8-17(13-21(16)30-6)11-12-26-22(25-5)27-18-14-19-9-10-20(15-18)28(19)23(29)31-24(2,3)4/h7-8,13,18-20H,9-12,14-15H2,1-6H3,(H2,25,26,27). The summed E-state index contributed by atoms with van der Waals surface area (Å²) in [5.74, 6) is 1.74. The summed E-state index contributed by atoms with van der Waals surface area (Å²) in [6, 6.07) is 7.11. The van der Waals surface area contributed by atoms with Crippen LogP contribution in [0, 0.1) is 6.92 Å². The van der Waals surface area contributed by atoms with Crippen LogP contribution in [0.3, 0.4) is 0 Å². The highest BCUT2D eigenvalue weighted by Gasteiger charge is 2.45. The highest BCUT2D eigenvalue weighted by Crippen LogP contribution is 2.36. The lowest BCUT2D eigenvalue weighted by molar-refractivity contribution is 0.00545. The van der Waals surface area contributed by atoms with E-state index in [9.17, 15) is 4.79 Å². The van der Waals surface area contributed by atoms with Crippen molar-refractivity contribution in [2.24, 2.45) is 4.99 Å². The molecule has 2 unspecified atom stereocenters. The molecule has 0 aliphatic carbocycles. The van der Waals surface area contributed by atoms with Gasteiger partial charge in [-0.15, -0.1) is 0 Å². The maximum absolute atomic E-state index is 12.6. The number of amides is 1. The molecule has 3 rings (SSSR count). The third-order valence-corrected chi connectivity index (χ3v) is 6.08. The molecule has 0 radical (unpaired) electrons. The molecule has 2 N–H and O–H groups in total. The number of fused-ring (bicyclic) bond motifs is 2. The van der Waals surface area contributed by atoms with Crippen molar-refractivity contribution in [1.29, 1.82) is 0 Å². The van der Waals surface area contributed by atoms with E-state index in [1.54, 1.807) is 14.2 Å². The van der Waals surface area contributed by atoms with Crippen molar-refractivity contribution in [3.63, 3.8) is 0 Å². The molecule has 0 spiro atoms. The maximum Gasteiger partial charge on any atom is 0.410 e. The van der Waals surface area contributed by atoms with Crippen LogP contribution < -0.4 is 15.4 Å². The van der Waals surface area contributed by atoms with E-state index < -0.39 is 5.60 Å². The average molecular weight is 431 g/mol. The third-order valence-electron chi connectivity index (χ3n) is 6.08. The normalized spacial score (nSPS) is 23.5. The molecule has 2 atom stereocenters. The van der Waals surface area contributed by atoms with E-state index in [4.69, 9.17) is 9.47 Å². The lowest BCUT2D eigenvalue weighted by Gasteiger charge is -2.40. The van der Waals surface area contributed by atoms with Gasteiger partial charge in [0.2, 0.25) is 0 Å². The van der Waals surface area contributed by atoms with Crippen LogP contribution in [-0.2, 0) is 11.2 Å². The molecule has 172 valence electrons. The first kappa shape index (κ1) is 23.2. The molecule has 2 aliphatic rings. The van der Waals surface area contributed by atoms with E-state index in [0.717, 1.165) is 55.9 Å². The number of benzene rings is 1. The molecule has 7 nitrogen and oxygen atoms in total. The van der Waals surface area contributed by atoms with Crippen molar-refractivity contribution >= 4 is 12.1 Å². The number of carbonyl (C=O) groups is 1. The average Bonchev–Trinajstić information content (AvgIpc) is 2.98. The summed E-state index contributed by atoms with van der Waals surface area (Å²) in [4.78, 5) is 19.0. The number of piperidine rings is 1. The van der Waals surface area contributed by atoms with Gasteiger partial charge in [0, 0.05) is 31.7 Å². The van der Waals surface area contributed by atoms with Gasteiger partial charge in [-0.05, 0) is 77.0 Å². The number of nitrogens with one attached hydrogen (secondary N) is 2. The molecule has 1 amide bonds. The summed E-state index contributed by atoms with van der Waals surface area (Å²) in [6.45, 7) is 8.60. The monoisotopic (exact) mass is 430 g/mol. The minimum Gasteiger partial charge on any atom is -0.496 e. The molecule has 2 bridgehead atoms. The Bertz CT molecular complexity index is 789. The number of carbonyl (C=O) groups excluding carboxylic acids is 1. The predicted molar refractivity (Wildman–Crippen MR) is 124 cm³/mol. The Balaban J connectivity index is 1.49. The van der Waals surface area contributed by atoms with Gasteiger partial charge in [-0.1, -0.05) is 12.1 Å². The van der Waals surface area contributed by atoms with Crippen LogP contribution in [0.15, 0.2) is 23.2 Å². The summed E-state index contributed by atoms with van der Waals surface area (Å²) in [5, 5.41) is 6.99.